The Kier molecular flexibility index (Phi) is 5.97. The molecule has 0 bridgehead atoms. The zero-order valence-corrected chi connectivity index (χ0v) is 16.0. The number of thioether (sulfide) groups is 1. The van der Waals surface area contributed by atoms with Crippen molar-refractivity contribution in [2.45, 2.75) is 17.3 Å². The van der Waals surface area contributed by atoms with Gasteiger partial charge in [-0.3, -0.25) is 9.89 Å². The number of para-hydroxylation sites is 2. The molecular formula is C19H20N4O3S. The Bertz CT molecular complexity index is 911. The molecule has 3 aromatic rings. The Labute approximate surface area is 161 Å². The first-order chi connectivity index (χ1) is 13.1. The number of hydrogen-bond acceptors (Lipinski definition) is 6. The molecule has 0 aliphatic rings. The molecule has 1 heterocycles. The standard InChI is InChI=1S/C19H20N4O3S/c1-12(18(24)20-15-6-4-5-7-16(15)26-3)27-19-21-17(22-23-19)13-8-10-14(25-2)11-9-13/h4-12H,1-3H3,(H,20,24)(H,21,22,23)/t12-/m1/s1. The molecule has 0 saturated carbocycles. The average Bonchev–Trinajstić information content (AvgIpc) is 3.16. The molecular weight excluding hydrogens is 364 g/mol. The summed E-state index contributed by atoms with van der Waals surface area (Å²) in [6, 6.07) is 14.8. The van der Waals surface area contributed by atoms with Gasteiger partial charge in [0.15, 0.2) is 5.82 Å². The highest BCUT2D eigenvalue weighted by atomic mass is 32.2. The summed E-state index contributed by atoms with van der Waals surface area (Å²) in [7, 11) is 3.19. The number of nitrogens with one attached hydrogen (secondary N) is 2. The van der Waals surface area contributed by atoms with Gasteiger partial charge in [-0.15, -0.1) is 5.10 Å². The number of nitrogens with zero attached hydrogens (tertiary/aromatic N) is 2. The number of amides is 1. The van der Waals surface area contributed by atoms with Crippen LogP contribution in [0.25, 0.3) is 11.4 Å². The summed E-state index contributed by atoms with van der Waals surface area (Å²) in [6.45, 7) is 1.80. The highest BCUT2D eigenvalue weighted by Crippen LogP contribution is 2.27. The maximum absolute atomic E-state index is 12.5. The lowest BCUT2D eigenvalue weighted by Crippen LogP contribution is -2.22. The van der Waals surface area contributed by atoms with Gasteiger partial charge in [0.05, 0.1) is 25.2 Å². The number of aromatic amines is 1. The molecule has 0 aliphatic carbocycles. The van der Waals surface area contributed by atoms with Crippen LogP contribution in [0.3, 0.4) is 0 Å². The van der Waals surface area contributed by atoms with E-state index in [0.717, 1.165) is 11.3 Å². The van der Waals surface area contributed by atoms with Crippen LogP contribution in [-0.2, 0) is 4.79 Å². The fourth-order valence-corrected chi connectivity index (χ4v) is 3.10. The van der Waals surface area contributed by atoms with Crippen molar-refractivity contribution in [3.05, 3.63) is 48.5 Å². The number of hydrogen-bond donors (Lipinski definition) is 2. The largest absolute Gasteiger partial charge is 0.497 e. The molecule has 27 heavy (non-hydrogen) atoms. The van der Waals surface area contributed by atoms with E-state index in [1.807, 2.05) is 36.4 Å². The number of carbonyl (C=O) groups excluding carboxylic acids is 1. The third kappa shape index (κ3) is 4.59. The number of benzene rings is 2. The molecule has 7 nitrogen and oxygen atoms in total. The quantitative estimate of drug-likeness (QED) is 0.605. The van der Waals surface area contributed by atoms with Crippen LogP contribution in [-0.4, -0.2) is 40.6 Å². The molecule has 140 valence electrons. The second kappa shape index (κ2) is 8.59. The van der Waals surface area contributed by atoms with E-state index in [4.69, 9.17) is 9.47 Å². The Hall–Kier alpha value is -3.00. The summed E-state index contributed by atoms with van der Waals surface area (Å²) in [5.41, 5.74) is 1.52. The van der Waals surface area contributed by atoms with Gasteiger partial charge in [0.25, 0.3) is 0 Å². The molecule has 0 radical (unpaired) electrons. The number of aromatic nitrogens is 3. The van der Waals surface area contributed by atoms with Crippen LogP contribution in [0.1, 0.15) is 6.92 Å². The SMILES string of the molecule is COc1ccc(-c2nc(S[C@H](C)C(=O)Nc3ccccc3OC)n[nH]2)cc1. The van der Waals surface area contributed by atoms with E-state index in [9.17, 15) is 4.79 Å². The van der Waals surface area contributed by atoms with Crippen molar-refractivity contribution >= 4 is 23.4 Å². The molecule has 2 aromatic carbocycles. The van der Waals surface area contributed by atoms with Crippen LogP contribution in [0, 0.1) is 0 Å². The van der Waals surface area contributed by atoms with Gasteiger partial charge < -0.3 is 14.8 Å². The van der Waals surface area contributed by atoms with Crippen LogP contribution < -0.4 is 14.8 Å². The zero-order valence-electron chi connectivity index (χ0n) is 15.2. The third-order valence-corrected chi connectivity index (χ3v) is 4.81. The Morgan fingerprint density at radius 3 is 2.56 bits per heavy atom. The van der Waals surface area contributed by atoms with Gasteiger partial charge in [-0.05, 0) is 43.3 Å². The average molecular weight is 384 g/mol. The summed E-state index contributed by atoms with van der Waals surface area (Å²) in [5.74, 6) is 1.87. The van der Waals surface area contributed by atoms with Crippen molar-refractivity contribution in [1.82, 2.24) is 15.2 Å². The van der Waals surface area contributed by atoms with Gasteiger partial charge in [0.2, 0.25) is 11.1 Å². The number of carbonyl (C=O) groups is 1. The van der Waals surface area contributed by atoms with Crippen molar-refractivity contribution in [2.75, 3.05) is 19.5 Å². The Morgan fingerprint density at radius 2 is 1.85 bits per heavy atom. The van der Waals surface area contributed by atoms with E-state index < -0.39 is 0 Å². The fraction of sp³-hybridized carbons (Fsp3) is 0.211. The zero-order chi connectivity index (χ0) is 19.2. The minimum Gasteiger partial charge on any atom is -0.497 e. The van der Waals surface area contributed by atoms with Crippen LogP contribution in [0.4, 0.5) is 5.69 Å². The Morgan fingerprint density at radius 1 is 1.11 bits per heavy atom. The van der Waals surface area contributed by atoms with Crippen molar-refractivity contribution in [3.63, 3.8) is 0 Å². The van der Waals surface area contributed by atoms with Gasteiger partial charge in [-0.2, -0.15) is 0 Å². The highest BCUT2D eigenvalue weighted by Gasteiger charge is 2.18. The first-order valence-corrected chi connectivity index (χ1v) is 9.16. The van der Waals surface area contributed by atoms with Crippen LogP contribution in [0.5, 0.6) is 11.5 Å². The third-order valence-electron chi connectivity index (χ3n) is 3.84. The van der Waals surface area contributed by atoms with Gasteiger partial charge in [0, 0.05) is 5.56 Å². The monoisotopic (exact) mass is 384 g/mol. The summed E-state index contributed by atoms with van der Waals surface area (Å²) in [5, 5.41) is 10.1. The number of H-pyrrole nitrogens is 1. The number of rotatable bonds is 7. The molecule has 1 atom stereocenters. The lowest BCUT2D eigenvalue weighted by molar-refractivity contribution is -0.115. The summed E-state index contributed by atoms with van der Waals surface area (Å²) in [4.78, 5) is 16.9. The Balaban J connectivity index is 1.64. The molecule has 2 N–H and O–H groups in total. The lowest BCUT2D eigenvalue weighted by Gasteiger charge is -2.12. The van der Waals surface area contributed by atoms with Crippen molar-refractivity contribution in [2.24, 2.45) is 0 Å². The highest BCUT2D eigenvalue weighted by molar-refractivity contribution is 8.00. The fourth-order valence-electron chi connectivity index (χ4n) is 2.37. The minimum absolute atomic E-state index is 0.153. The number of methoxy groups -OCH3 is 2. The molecule has 0 fully saturated rings. The number of ether oxygens (including phenoxy) is 2. The molecule has 1 aromatic heterocycles. The van der Waals surface area contributed by atoms with Gasteiger partial charge in [-0.1, -0.05) is 23.9 Å². The summed E-state index contributed by atoms with van der Waals surface area (Å²) in [6.07, 6.45) is 0. The smallest absolute Gasteiger partial charge is 0.237 e. The van der Waals surface area contributed by atoms with E-state index in [-0.39, 0.29) is 11.2 Å². The van der Waals surface area contributed by atoms with Gasteiger partial charge >= 0.3 is 0 Å². The van der Waals surface area contributed by atoms with Crippen LogP contribution >= 0.6 is 11.8 Å². The minimum atomic E-state index is -0.380. The van der Waals surface area contributed by atoms with E-state index in [1.165, 1.54) is 11.8 Å². The second-order valence-corrected chi connectivity index (χ2v) is 6.95. The molecule has 3 rings (SSSR count). The maximum atomic E-state index is 12.5. The topological polar surface area (TPSA) is 89.1 Å². The lowest BCUT2D eigenvalue weighted by atomic mass is 10.2. The number of anilines is 1. The van der Waals surface area contributed by atoms with E-state index in [2.05, 4.69) is 20.5 Å². The van der Waals surface area contributed by atoms with Crippen LogP contribution in [0.2, 0.25) is 0 Å². The van der Waals surface area contributed by atoms with Crippen molar-refractivity contribution in [1.29, 1.82) is 0 Å². The van der Waals surface area contributed by atoms with Gasteiger partial charge in [0.1, 0.15) is 11.5 Å². The van der Waals surface area contributed by atoms with E-state index >= 15 is 0 Å². The molecule has 0 aliphatic heterocycles. The first kappa shape index (κ1) is 18.8. The first-order valence-electron chi connectivity index (χ1n) is 8.28. The normalized spacial score (nSPS) is 11.7. The molecule has 1 amide bonds. The van der Waals surface area contributed by atoms with Crippen molar-refractivity contribution < 1.29 is 14.3 Å². The van der Waals surface area contributed by atoms with Crippen molar-refractivity contribution in [3.8, 4) is 22.9 Å². The predicted octanol–water partition coefficient (Wildman–Crippen LogP) is 3.61. The predicted molar refractivity (Wildman–Crippen MR) is 105 cm³/mol. The van der Waals surface area contributed by atoms with E-state index in [1.54, 1.807) is 33.3 Å². The van der Waals surface area contributed by atoms with Gasteiger partial charge in [-0.25, -0.2) is 4.98 Å². The summed E-state index contributed by atoms with van der Waals surface area (Å²) < 4.78 is 10.4. The molecule has 0 unspecified atom stereocenters. The molecule has 0 spiro atoms. The van der Waals surface area contributed by atoms with E-state index in [0.29, 0.717) is 22.4 Å². The van der Waals surface area contributed by atoms with Crippen LogP contribution in [0.15, 0.2) is 53.7 Å². The maximum Gasteiger partial charge on any atom is 0.237 e. The molecule has 8 heteroatoms. The summed E-state index contributed by atoms with van der Waals surface area (Å²) >= 11 is 1.28. The molecule has 0 saturated heterocycles. The second-order valence-electron chi connectivity index (χ2n) is 5.64.